The van der Waals surface area contributed by atoms with E-state index in [1.54, 1.807) is 11.1 Å². The van der Waals surface area contributed by atoms with Gasteiger partial charge in [-0.3, -0.25) is 9.78 Å². The topological polar surface area (TPSA) is 74.3 Å². The van der Waals surface area contributed by atoms with E-state index in [-0.39, 0.29) is 18.5 Å². The van der Waals surface area contributed by atoms with Gasteiger partial charge in [-0.1, -0.05) is 6.07 Å². The van der Waals surface area contributed by atoms with E-state index in [1.165, 1.54) is 0 Å². The van der Waals surface area contributed by atoms with Gasteiger partial charge < -0.3 is 15.5 Å². The SMILES string of the molecule is Cc1nccc2cc(NC(=O)NCC(=O)N3CCCC3)ccc12. The van der Waals surface area contributed by atoms with Crippen LogP contribution in [-0.4, -0.2) is 41.5 Å². The molecule has 0 aliphatic carbocycles. The Morgan fingerprint density at radius 3 is 2.78 bits per heavy atom. The Kier molecular flexibility index (Phi) is 4.41. The van der Waals surface area contributed by atoms with Gasteiger partial charge in [0.2, 0.25) is 5.91 Å². The summed E-state index contributed by atoms with van der Waals surface area (Å²) in [5.74, 6) is -0.0298. The molecule has 1 aromatic heterocycles. The molecule has 1 aliphatic rings. The van der Waals surface area contributed by atoms with Crippen molar-refractivity contribution in [1.29, 1.82) is 0 Å². The predicted octanol–water partition coefficient (Wildman–Crippen LogP) is 2.29. The number of carbonyl (C=O) groups is 2. The number of fused-ring (bicyclic) bond motifs is 1. The molecule has 6 heteroatoms. The molecule has 1 saturated heterocycles. The Morgan fingerprint density at radius 2 is 2.00 bits per heavy atom. The Morgan fingerprint density at radius 1 is 1.22 bits per heavy atom. The van der Waals surface area contributed by atoms with Gasteiger partial charge in [-0.2, -0.15) is 0 Å². The van der Waals surface area contributed by atoms with Gasteiger partial charge in [0.1, 0.15) is 0 Å². The first-order valence-electron chi connectivity index (χ1n) is 7.81. The number of anilines is 1. The molecule has 3 amide bonds. The minimum atomic E-state index is -0.373. The Bertz CT molecular complexity index is 738. The lowest BCUT2D eigenvalue weighted by Gasteiger charge is -2.15. The summed E-state index contributed by atoms with van der Waals surface area (Å²) < 4.78 is 0. The van der Waals surface area contributed by atoms with E-state index in [1.807, 2.05) is 31.2 Å². The highest BCUT2D eigenvalue weighted by Gasteiger charge is 2.18. The van der Waals surface area contributed by atoms with Crippen LogP contribution in [-0.2, 0) is 4.79 Å². The van der Waals surface area contributed by atoms with Gasteiger partial charge in [-0.05, 0) is 43.4 Å². The zero-order chi connectivity index (χ0) is 16.2. The first-order chi connectivity index (χ1) is 11.1. The van der Waals surface area contributed by atoms with Crippen molar-refractivity contribution < 1.29 is 9.59 Å². The van der Waals surface area contributed by atoms with E-state index in [4.69, 9.17) is 0 Å². The Balaban J connectivity index is 1.58. The third-order valence-corrected chi connectivity index (χ3v) is 4.08. The van der Waals surface area contributed by atoms with Crippen LogP contribution in [0.25, 0.3) is 10.8 Å². The maximum atomic E-state index is 11.9. The van der Waals surface area contributed by atoms with Crippen LogP contribution in [0, 0.1) is 6.92 Å². The maximum absolute atomic E-state index is 11.9. The van der Waals surface area contributed by atoms with Crippen LogP contribution in [0.5, 0.6) is 0 Å². The third kappa shape index (κ3) is 3.59. The first kappa shape index (κ1) is 15.3. The molecule has 1 aromatic carbocycles. The summed E-state index contributed by atoms with van der Waals surface area (Å²) in [6.07, 6.45) is 3.84. The molecule has 120 valence electrons. The molecule has 0 unspecified atom stereocenters. The summed E-state index contributed by atoms with van der Waals surface area (Å²) in [4.78, 5) is 29.8. The minimum Gasteiger partial charge on any atom is -0.341 e. The van der Waals surface area contributed by atoms with Gasteiger partial charge in [0.05, 0.1) is 6.54 Å². The highest BCUT2D eigenvalue weighted by Crippen LogP contribution is 2.20. The van der Waals surface area contributed by atoms with Crippen LogP contribution in [0.2, 0.25) is 0 Å². The van der Waals surface area contributed by atoms with Gasteiger partial charge in [-0.25, -0.2) is 4.79 Å². The molecule has 0 saturated carbocycles. The molecule has 0 radical (unpaired) electrons. The molecule has 1 aliphatic heterocycles. The quantitative estimate of drug-likeness (QED) is 0.913. The zero-order valence-corrected chi connectivity index (χ0v) is 13.1. The molecular formula is C17H20N4O2. The van der Waals surface area contributed by atoms with E-state index >= 15 is 0 Å². The zero-order valence-electron chi connectivity index (χ0n) is 13.1. The van der Waals surface area contributed by atoms with E-state index in [2.05, 4.69) is 15.6 Å². The van der Waals surface area contributed by atoms with Gasteiger partial charge in [-0.15, -0.1) is 0 Å². The fraction of sp³-hybridized carbons (Fsp3) is 0.353. The normalized spacial score (nSPS) is 14.0. The molecule has 0 spiro atoms. The molecule has 1 fully saturated rings. The van der Waals surface area contributed by atoms with Crippen LogP contribution in [0.15, 0.2) is 30.5 Å². The molecule has 0 atom stereocenters. The smallest absolute Gasteiger partial charge is 0.319 e. The number of carbonyl (C=O) groups excluding carboxylic acids is 2. The average Bonchev–Trinajstić information content (AvgIpc) is 3.07. The number of aryl methyl sites for hydroxylation is 1. The van der Waals surface area contributed by atoms with E-state index in [9.17, 15) is 9.59 Å². The monoisotopic (exact) mass is 312 g/mol. The second-order valence-electron chi connectivity index (χ2n) is 5.73. The lowest BCUT2D eigenvalue weighted by Crippen LogP contribution is -2.40. The number of hydrogen-bond acceptors (Lipinski definition) is 3. The van der Waals surface area contributed by atoms with E-state index < -0.39 is 0 Å². The highest BCUT2D eigenvalue weighted by molar-refractivity contribution is 5.95. The summed E-state index contributed by atoms with van der Waals surface area (Å²) in [7, 11) is 0. The van der Waals surface area contributed by atoms with Crippen molar-refractivity contribution in [3.63, 3.8) is 0 Å². The van der Waals surface area contributed by atoms with Gasteiger partial charge in [0, 0.05) is 36.1 Å². The van der Waals surface area contributed by atoms with Crippen LogP contribution in [0.1, 0.15) is 18.5 Å². The van der Waals surface area contributed by atoms with Crippen LogP contribution >= 0.6 is 0 Å². The molecule has 6 nitrogen and oxygen atoms in total. The summed E-state index contributed by atoms with van der Waals surface area (Å²) in [5.41, 5.74) is 1.64. The van der Waals surface area contributed by atoms with Crippen LogP contribution < -0.4 is 10.6 Å². The molecule has 2 N–H and O–H groups in total. The minimum absolute atomic E-state index is 0.0298. The Hall–Kier alpha value is -2.63. The molecule has 0 bridgehead atoms. The van der Waals surface area contributed by atoms with Gasteiger partial charge in [0.15, 0.2) is 0 Å². The second kappa shape index (κ2) is 6.64. The van der Waals surface area contributed by atoms with Crippen LogP contribution in [0.4, 0.5) is 10.5 Å². The van der Waals surface area contributed by atoms with Gasteiger partial charge in [0.25, 0.3) is 0 Å². The summed E-state index contributed by atoms with van der Waals surface area (Å²) in [6, 6.07) is 7.19. The number of benzene rings is 1. The summed E-state index contributed by atoms with van der Waals surface area (Å²) >= 11 is 0. The number of pyridine rings is 1. The largest absolute Gasteiger partial charge is 0.341 e. The highest BCUT2D eigenvalue weighted by atomic mass is 16.2. The predicted molar refractivity (Wildman–Crippen MR) is 89.3 cm³/mol. The summed E-state index contributed by atoms with van der Waals surface area (Å²) in [6.45, 7) is 3.56. The third-order valence-electron chi connectivity index (χ3n) is 4.08. The molecule has 2 aromatic rings. The second-order valence-corrected chi connectivity index (χ2v) is 5.73. The van der Waals surface area contributed by atoms with Crippen molar-refractivity contribution >= 4 is 28.4 Å². The fourth-order valence-corrected chi connectivity index (χ4v) is 2.82. The first-order valence-corrected chi connectivity index (χ1v) is 7.81. The van der Waals surface area contributed by atoms with Crippen molar-refractivity contribution in [2.75, 3.05) is 25.0 Å². The number of nitrogens with zero attached hydrogens (tertiary/aromatic N) is 2. The maximum Gasteiger partial charge on any atom is 0.319 e. The number of likely N-dealkylation sites (tertiary alicyclic amines) is 1. The number of urea groups is 1. The lowest BCUT2D eigenvalue weighted by atomic mass is 10.1. The van der Waals surface area contributed by atoms with E-state index in [0.717, 1.165) is 42.4 Å². The van der Waals surface area contributed by atoms with Crippen molar-refractivity contribution in [3.05, 3.63) is 36.2 Å². The van der Waals surface area contributed by atoms with Crippen LogP contribution in [0.3, 0.4) is 0 Å². The van der Waals surface area contributed by atoms with Crippen molar-refractivity contribution in [2.45, 2.75) is 19.8 Å². The Labute approximate surface area is 134 Å². The molecule has 3 rings (SSSR count). The number of hydrogen-bond donors (Lipinski definition) is 2. The molecular weight excluding hydrogens is 292 g/mol. The lowest BCUT2D eigenvalue weighted by molar-refractivity contribution is -0.128. The number of amides is 3. The average molecular weight is 312 g/mol. The summed E-state index contributed by atoms with van der Waals surface area (Å²) in [5, 5.41) is 7.45. The van der Waals surface area contributed by atoms with Crippen molar-refractivity contribution in [1.82, 2.24) is 15.2 Å². The standard InChI is InChI=1S/C17H20N4O2/c1-12-15-5-4-14(10-13(15)6-7-18-12)20-17(23)19-11-16(22)21-8-2-3-9-21/h4-7,10H,2-3,8-9,11H2,1H3,(H2,19,20,23). The number of nitrogens with one attached hydrogen (secondary N) is 2. The fourth-order valence-electron chi connectivity index (χ4n) is 2.82. The molecule has 2 heterocycles. The van der Waals surface area contributed by atoms with Crippen molar-refractivity contribution in [3.8, 4) is 0 Å². The van der Waals surface area contributed by atoms with Crippen molar-refractivity contribution in [2.24, 2.45) is 0 Å². The number of aromatic nitrogens is 1. The number of rotatable bonds is 3. The van der Waals surface area contributed by atoms with Gasteiger partial charge >= 0.3 is 6.03 Å². The molecule has 23 heavy (non-hydrogen) atoms. The van der Waals surface area contributed by atoms with E-state index in [0.29, 0.717) is 5.69 Å².